The second-order valence-electron chi connectivity index (χ2n) is 7.17. The Bertz CT molecular complexity index is 1050. The highest BCUT2D eigenvalue weighted by atomic mass is 32.2. The summed E-state index contributed by atoms with van der Waals surface area (Å²) in [5.41, 5.74) is 3.55. The second kappa shape index (κ2) is 9.58. The number of aryl methyl sites for hydroxylation is 2. The molecule has 0 aliphatic heterocycles. The molecule has 7 nitrogen and oxygen atoms in total. The molecule has 1 aromatic heterocycles. The summed E-state index contributed by atoms with van der Waals surface area (Å²) in [6, 6.07) is 14.7. The van der Waals surface area contributed by atoms with Crippen molar-refractivity contribution in [3.05, 3.63) is 71.0 Å². The van der Waals surface area contributed by atoms with Gasteiger partial charge < -0.3 is 15.2 Å². The van der Waals surface area contributed by atoms with Crippen molar-refractivity contribution in [3.8, 4) is 0 Å². The van der Waals surface area contributed by atoms with Gasteiger partial charge in [0, 0.05) is 18.3 Å². The molecule has 0 aliphatic rings. The normalized spacial score (nSPS) is 11.7. The van der Waals surface area contributed by atoms with Crippen LogP contribution in [0.1, 0.15) is 40.3 Å². The highest BCUT2D eigenvalue weighted by Gasteiger charge is 2.19. The molecule has 0 saturated carbocycles. The largest absolute Gasteiger partial charge is 0.342 e. The third kappa shape index (κ3) is 5.48. The van der Waals surface area contributed by atoms with Gasteiger partial charge in [-0.25, -0.2) is 0 Å². The van der Waals surface area contributed by atoms with E-state index in [0.717, 1.165) is 16.8 Å². The van der Waals surface area contributed by atoms with Crippen molar-refractivity contribution in [1.82, 2.24) is 20.1 Å². The first kappa shape index (κ1) is 21.6. The van der Waals surface area contributed by atoms with Crippen LogP contribution in [-0.2, 0) is 11.8 Å². The molecule has 1 heterocycles. The van der Waals surface area contributed by atoms with E-state index in [1.54, 1.807) is 16.7 Å². The van der Waals surface area contributed by atoms with Crippen LogP contribution < -0.4 is 10.6 Å². The molecule has 3 rings (SSSR count). The molecule has 8 heteroatoms. The molecule has 156 valence electrons. The molecular weight excluding hydrogens is 398 g/mol. The van der Waals surface area contributed by atoms with E-state index < -0.39 is 0 Å². The van der Waals surface area contributed by atoms with Crippen molar-refractivity contribution in [1.29, 1.82) is 0 Å². The zero-order valence-electron chi connectivity index (χ0n) is 17.5. The van der Waals surface area contributed by atoms with Crippen LogP contribution in [0.2, 0.25) is 0 Å². The SMILES string of the molecule is Cc1ccc(C(=O)N[C@@H](C)c2nnc(SCC(=O)Nc3cccc(C)c3)n2C)cc1. The van der Waals surface area contributed by atoms with Crippen molar-refractivity contribution in [2.75, 3.05) is 11.1 Å². The van der Waals surface area contributed by atoms with Crippen molar-refractivity contribution >= 4 is 29.3 Å². The summed E-state index contributed by atoms with van der Waals surface area (Å²) in [6.07, 6.45) is 0. The maximum Gasteiger partial charge on any atom is 0.251 e. The first-order chi connectivity index (χ1) is 14.3. The number of nitrogens with zero attached hydrogens (tertiary/aromatic N) is 3. The minimum atomic E-state index is -0.327. The van der Waals surface area contributed by atoms with Gasteiger partial charge in [-0.1, -0.05) is 41.6 Å². The van der Waals surface area contributed by atoms with Crippen LogP contribution in [0.5, 0.6) is 0 Å². The van der Waals surface area contributed by atoms with Crippen LogP contribution in [-0.4, -0.2) is 32.3 Å². The maximum absolute atomic E-state index is 12.4. The van der Waals surface area contributed by atoms with E-state index in [1.807, 2.05) is 64.2 Å². The van der Waals surface area contributed by atoms with E-state index >= 15 is 0 Å². The van der Waals surface area contributed by atoms with E-state index in [0.29, 0.717) is 16.5 Å². The van der Waals surface area contributed by atoms with Crippen molar-refractivity contribution < 1.29 is 9.59 Å². The average molecular weight is 424 g/mol. The monoisotopic (exact) mass is 423 g/mol. The lowest BCUT2D eigenvalue weighted by Gasteiger charge is -2.13. The van der Waals surface area contributed by atoms with Gasteiger partial charge in [-0.15, -0.1) is 10.2 Å². The summed E-state index contributed by atoms with van der Waals surface area (Å²) in [4.78, 5) is 24.7. The Morgan fingerprint density at radius 2 is 1.80 bits per heavy atom. The number of hydrogen-bond acceptors (Lipinski definition) is 5. The number of hydrogen-bond donors (Lipinski definition) is 2. The first-order valence-electron chi connectivity index (χ1n) is 9.59. The lowest BCUT2D eigenvalue weighted by atomic mass is 10.1. The fraction of sp³-hybridized carbons (Fsp3) is 0.273. The number of rotatable bonds is 7. The minimum absolute atomic E-state index is 0.115. The van der Waals surface area contributed by atoms with Gasteiger partial charge in [0.05, 0.1) is 11.8 Å². The summed E-state index contributed by atoms with van der Waals surface area (Å²) in [7, 11) is 1.82. The number of nitrogens with one attached hydrogen (secondary N) is 2. The summed E-state index contributed by atoms with van der Waals surface area (Å²) in [5.74, 6) is 0.550. The van der Waals surface area contributed by atoms with E-state index in [4.69, 9.17) is 0 Å². The maximum atomic E-state index is 12.4. The summed E-state index contributed by atoms with van der Waals surface area (Å²) >= 11 is 1.30. The number of anilines is 1. The molecule has 0 aliphatic carbocycles. The number of carbonyl (C=O) groups is 2. The Morgan fingerprint density at radius 1 is 1.07 bits per heavy atom. The van der Waals surface area contributed by atoms with Gasteiger partial charge in [0.1, 0.15) is 0 Å². The fourth-order valence-corrected chi connectivity index (χ4v) is 3.65. The Hall–Kier alpha value is -3.13. The standard InChI is InChI=1S/C22H25N5O2S/c1-14-8-10-17(11-9-14)21(29)23-16(3)20-25-26-22(27(20)4)30-13-19(28)24-18-7-5-6-15(2)12-18/h5-12,16H,13H2,1-4H3,(H,23,29)(H,24,28)/t16-/m0/s1. The molecule has 3 aromatic rings. The predicted molar refractivity (Wildman–Crippen MR) is 119 cm³/mol. The van der Waals surface area contributed by atoms with Gasteiger partial charge in [-0.05, 0) is 50.6 Å². The van der Waals surface area contributed by atoms with Gasteiger partial charge in [-0.2, -0.15) is 0 Å². The second-order valence-corrected chi connectivity index (χ2v) is 8.11. The number of thioether (sulfide) groups is 1. The summed E-state index contributed by atoms with van der Waals surface area (Å²) in [5, 5.41) is 14.8. The smallest absolute Gasteiger partial charge is 0.251 e. The fourth-order valence-electron chi connectivity index (χ4n) is 2.93. The number of aromatic nitrogens is 3. The van der Waals surface area contributed by atoms with Crippen molar-refractivity contribution in [2.24, 2.45) is 7.05 Å². The topological polar surface area (TPSA) is 88.9 Å². The molecule has 0 radical (unpaired) electrons. The van der Waals surface area contributed by atoms with Crippen LogP contribution in [0.3, 0.4) is 0 Å². The summed E-state index contributed by atoms with van der Waals surface area (Å²) < 4.78 is 1.80. The van der Waals surface area contributed by atoms with Gasteiger partial charge in [0.2, 0.25) is 5.91 Å². The Morgan fingerprint density at radius 3 is 2.50 bits per heavy atom. The van der Waals surface area contributed by atoms with Crippen LogP contribution in [0.4, 0.5) is 5.69 Å². The lowest BCUT2D eigenvalue weighted by Crippen LogP contribution is -2.28. The van der Waals surface area contributed by atoms with Crippen LogP contribution in [0.25, 0.3) is 0 Å². The van der Waals surface area contributed by atoms with Gasteiger partial charge in [0.15, 0.2) is 11.0 Å². The highest BCUT2D eigenvalue weighted by molar-refractivity contribution is 7.99. The molecule has 2 aromatic carbocycles. The van der Waals surface area contributed by atoms with Crippen molar-refractivity contribution in [2.45, 2.75) is 32.0 Å². The molecule has 0 unspecified atom stereocenters. The Labute approximate surface area is 180 Å². The van der Waals surface area contributed by atoms with Crippen LogP contribution >= 0.6 is 11.8 Å². The zero-order chi connectivity index (χ0) is 21.7. The Kier molecular flexibility index (Phi) is 6.89. The molecule has 0 bridgehead atoms. The third-order valence-corrected chi connectivity index (χ3v) is 5.57. The van der Waals surface area contributed by atoms with Crippen molar-refractivity contribution in [3.63, 3.8) is 0 Å². The molecule has 2 N–H and O–H groups in total. The number of amides is 2. The van der Waals surface area contributed by atoms with Gasteiger partial charge >= 0.3 is 0 Å². The van der Waals surface area contributed by atoms with E-state index in [-0.39, 0.29) is 23.6 Å². The van der Waals surface area contributed by atoms with E-state index in [2.05, 4.69) is 20.8 Å². The molecular formula is C22H25N5O2S. The molecule has 0 fully saturated rings. The highest BCUT2D eigenvalue weighted by Crippen LogP contribution is 2.20. The molecule has 2 amide bonds. The molecule has 0 saturated heterocycles. The average Bonchev–Trinajstić information content (AvgIpc) is 3.07. The van der Waals surface area contributed by atoms with Gasteiger partial charge in [0.25, 0.3) is 5.91 Å². The number of carbonyl (C=O) groups excluding carboxylic acids is 2. The van der Waals surface area contributed by atoms with E-state index in [9.17, 15) is 9.59 Å². The van der Waals surface area contributed by atoms with Crippen LogP contribution in [0, 0.1) is 13.8 Å². The first-order valence-corrected chi connectivity index (χ1v) is 10.6. The van der Waals surface area contributed by atoms with E-state index in [1.165, 1.54) is 11.8 Å². The Balaban J connectivity index is 1.57. The quantitative estimate of drug-likeness (QED) is 0.566. The lowest BCUT2D eigenvalue weighted by molar-refractivity contribution is -0.113. The van der Waals surface area contributed by atoms with Gasteiger partial charge in [-0.3, -0.25) is 9.59 Å². The summed E-state index contributed by atoms with van der Waals surface area (Å²) in [6.45, 7) is 5.81. The zero-order valence-corrected chi connectivity index (χ0v) is 18.3. The third-order valence-electron chi connectivity index (χ3n) is 4.55. The number of benzene rings is 2. The predicted octanol–water partition coefficient (Wildman–Crippen LogP) is 3.65. The minimum Gasteiger partial charge on any atom is -0.342 e. The molecule has 1 atom stereocenters. The molecule has 0 spiro atoms. The van der Waals surface area contributed by atoms with Crippen LogP contribution in [0.15, 0.2) is 53.7 Å². The molecule has 30 heavy (non-hydrogen) atoms.